The SMILES string of the molecule is CC1CC(C)CN(S(=O)(=O)c2ccc(S(=O)(=O)NCCN)cc2)C1. The van der Waals surface area contributed by atoms with Crippen LogP contribution in [0.4, 0.5) is 0 Å². The molecule has 2 atom stereocenters. The van der Waals surface area contributed by atoms with Gasteiger partial charge in [0.05, 0.1) is 9.79 Å². The van der Waals surface area contributed by atoms with E-state index in [4.69, 9.17) is 5.73 Å². The van der Waals surface area contributed by atoms with Gasteiger partial charge in [-0.1, -0.05) is 13.8 Å². The number of piperidine rings is 1. The van der Waals surface area contributed by atoms with Crippen molar-refractivity contribution < 1.29 is 16.8 Å². The molecule has 9 heteroatoms. The molecule has 0 spiro atoms. The minimum atomic E-state index is -3.67. The van der Waals surface area contributed by atoms with Crippen LogP contribution in [0.15, 0.2) is 34.1 Å². The molecule has 2 unspecified atom stereocenters. The van der Waals surface area contributed by atoms with Crippen LogP contribution >= 0.6 is 0 Å². The third-order valence-electron chi connectivity index (χ3n) is 4.04. The van der Waals surface area contributed by atoms with Crippen molar-refractivity contribution in [3.8, 4) is 0 Å². The van der Waals surface area contributed by atoms with Crippen LogP contribution in [0.3, 0.4) is 0 Å². The molecule has 3 N–H and O–H groups in total. The van der Waals surface area contributed by atoms with E-state index in [9.17, 15) is 16.8 Å². The maximum Gasteiger partial charge on any atom is 0.243 e. The lowest BCUT2D eigenvalue weighted by Gasteiger charge is -2.34. The van der Waals surface area contributed by atoms with Gasteiger partial charge >= 0.3 is 0 Å². The molecule has 1 aromatic carbocycles. The zero-order chi connectivity index (χ0) is 18.0. The quantitative estimate of drug-likeness (QED) is 0.756. The molecule has 0 saturated carbocycles. The van der Waals surface area contributed by atoms with Crippen molar-refractivity contribution in [1.82, 2.24) is 9.03 Å². The average Bonchev–Trinajstić information content (AvgIpc) is 2.52. The minimum absolute atomic E-state index is 0.0234. The number of nitrogens with two attached hydrogens (primary N) is 1. The first kappa shape index (κ1) is 19.3. The van der Waals surface area contributed by atoms with E-state index in [2.05, 4.69) is 4.72 Å². The number of sulfonamides is 2. The summed E-state index contributed by atoms with van der Waals surface area (Å²) in [6, 6.07) is 5.30. The van der Waals surface area contributed by atoms with Gasteiger partial charge in [0.2, 0.25) is 20.0 Å². The molecule has 0 radical (unpaired) electrons. The maximum absolute atomic E-state index is 12.8. The van der Waals surface area contributed by atoms with Crippen molar-refractivity contribution in [2.24, 2.45) is 17.6 Å². The van der Waals surface area contributed by atoms with Gasteiger partial charge in [0.1, 0.15) is 0 Å². The van der Waals surface area contributed by atoms with E-state index in [1.54, 1.807) is 0 Å². The normalized spacial score (nSPS) is 23.3. The Balaban J connectivity index is 2.23. The van der Waals surface area contributed by atoms with Crippen LogP contribution in [0.25, 0.3) is 0 Å². The summed E-state index contributed by atoms with van der Waals surface area (Å²) in [5, 5.41) is 0. The molecule has 2 rings (SSSR count). The van der Waals surface area contributed by atoms with Gasteiger partial charge in [-0.25, -0.2) is 21.6 Å². The fraction of sp³-hybridized carbons (Fsp3) is 0.600. The van der Waals surface area contributed by atoms with Crippen LogP contribution in [0.2, 0.25) is 0 Å². The van der Waals surface area contributed by atoms with Crippen molar-refractivity contribution in [3.05, 3.63) is 24.3 Å². The number of hydrogen-bond acceptors (Lipinski definition) is 5. The Morgan fingerprint density at radius 2 is 1.54 bits per heavy atom. The molecule has 0 aromatic heterocycles. The molecule has 136 valence electrons. The molecule has 0 aliphatic carbocycles. The van der Waals surface area contributed by atoms with Crippen LogP contribution in [-0.4, -0.2) is 47.3 Å². The molecule has 1 aromatic rings. The van der Waals surface area contributed by atoms with Gasteiger partial charge in [0, 0.05) is 26.2 Å². The van der Waals surface area contributed by atoms with E-state index >= 15 is 0 Å². The highest BCUT2D eigenvalue weighted by Gasteiger charge is 2.31. The summed E-state index contributed by atoms with van der Waals surface area (Å²) in [5.74, 6) is 0.618. The van der Waals surface area contributed by atoms with E-state index in [-0.39, 0.29) is 22.9 Å². The lowest BCUT2D eigenvalue weighted by molar-refractivity contribution is 0.222. The van der Waals surface area contributed by atoms with Crippen molar-refractivity contribution in [1.29, 1.82) is 0 Å². The van der Waals surface area contributed by atoms with E-state index < -0.39 is 20.0 Å². The van der Waals surface area contributed by atoms with Crippen LogP contribution in [0, 0.1) is 11.8 Å². The van der Waals surface area contributed by atoms with Gasteiger partial charge in [-0.05, 0) is 42.5 Å². The Bertz CT molecular complexity index is 750. The summed E-state index contributed by atoms with van der Waals surface area (Å²) in [4.78, 5) is 0.136. The molecule has 7 nitrogen and oxygen atoms in total. The number of benzene rings is 1. The Morgan fingerprint density at radius 3 is 2.04 bits per heavy atom. The Hall–Kier alpha value is -1.00. The number of nitrogens with one attached hydrogen (secondary N) is 1. The largest absolute Gasteiger partial charge is 0.329 e. The molecular weight excluding hydrogens is 350 g/mol. The van der Waals surface area contributed by atoms with Crippen LogP contribution in [-0.2, 0) is 20.0 Å². The second kappa shape index (κ2) is 7.49. The highest BCUT2D eigenvalue weighted by Crippen LogP contribution is 2.27. The first-order valence-electron chi connectivity index (χ1n) is 7.96. The van der Waals surface area contributed by atoms with E-state index in [1.807, 2.05) is 13.8 Å². The lowest BCUT2D eigenvalue weighted by Crippen LogP contribution is -2.42. The smallest absolute Gasteiger partial charge is 0.243 e. The highest BCUT2D eigenvalue weighted by atomic mass is 32.2. The molecule has 1 fully saturated rings. The molecule has 1 aliphatic rings. The second-order valence-electron chi connectivity index (χ2n) is 6.43. The zero-order valence-corrected chi connectivity index (χ0v) is 15.6. The summed E-state index contributed by atoms with van der Waals surface area (Å²) in [5.41, 5.74) is 5.29. The highest BCUT2D eigenvalue weighted by molar-refractivity contribution is 7.89. The van der Waals surface area contributed by atoms with Crippen molar-refractivity contribution >= 4 is 20.0 Å². The fourth-order valence-corrected chi connectivity index (χ4v) is 5.75. The molecule has 1 heterocycles. The topological polar surface area (TPSA) is 110 Å². The van der Waals surface area contributed by atoms with Gasteiger partial charge in [-0.15, -0.1) is 0 Å². The van der Waals surface area contributed by atoms with Gasteiger partial charge in [-0.2, -0.15) is 4.31 Å². The third-order valence-corrected chi connectivity index (χ3v) is 7.37. The van der Waals surface area contributed by atoms with Crippen LogP contribution in [0.1, 0.15) is 20.3 Å². The zero-order valence-electron chi connectivity index (χ0n) is 14.0. The van der Waals surface area contributed by atoms with E-state index in [0.29, 0.717) is 24.9 Å². The molecule has 1 aliphatic heterocycles. The van der Waals surface area contributed by atoms with E-state index in [0.717, 1.165) is 6.42 Å². The summed E-state index contributed by atoms with van der Waals surface area (Å²) in [6.07, 6.45) is 1.01. The molecule has 0 amide bonds. The molecule has 0 bridgehead atoms. The van der Waals surface area contributed by atoms with Crippen LogP contribution < -0.4 is 10.5 Å². The first-order valence-corrected chi connectivity index (χ1v) is 10.9. The number of nitrogens with zero attached hydrogens (tertiary/aromatic N) is 1. The Labute approximate surface area is 144 Å². The van der Waals surface area contributed by atoms with Crippen molar-refractivity contribution in [2.75, 3.05) is 26.2 Å². The van der Waals surface area contributed by atoms with Crippen molar-refractivity contribution in [3.63, 3.8) is 0 Å². The first-order chi connectivity index (χ1) is 11.2. The monoisotopic (exact) mass is 375 g/mol. The predicted octanol–water partition coefficient (Wildman–Crippen LogP) is 0.590. The van der Waals surface area contributed by atoms with Crippen molar-refractivity contribution in [2.45, 2.75) is 30.1 Å². The number of rotatable bonds is 6. The van der Waals surface area contributed by atoms with Gasteiger partial charge in [0.15, 0.2) is 0 Å². The third kappa shape index (κ3) is 4.34. The lowest BCUT2D eigenvalue weighted by atomic mass is 9.94. The Morgan fingerprint density at radius 1 is 1.04 bits per heavy atom. The van der Waals surface area contributed by atoms with Gasteiger partial charge in [-0.3, -0.25) is 0 Å². The maximum atomic E-state index is 12.8. The summed E-state index contributed by atoms with van der Waals surface area (Å²) < 4.78 is 53.4. The number of hydrogen-bond donors (Lipinski definition) is 2. The Kier molecular flexibility index (Phi) is 6.03. The molecular formula is C15H25N3O4S2. The fourth-order valence-electron chi connectivity index (χ4n) is 3.02. The minimum Gasteiger partial charge on any atom is -0.329 e. The summed E-state index contributed by atoms with van der Waals surface area (Å²) in [6.45, 7) is 5.38. The standard InChI is InChI=1S/C15H25N3O4S2/c1-12-9-13(2)11-18(10-12)24(21,22)15-5-3-14(4-6-15)23(19,20)17-8-7-16/h3-6,12-13,17H,7-11,16H2,1-2H3. The van der Waals surface area contributed by atoms with Gasteiger partial charge < -0.3 is 5.73 Å². The van der Waals surface area contributed by atoms with Gasteiger partial charge in [0.25, 0.3) is 0 Å². The predicted molar refractivity (Wildman–Crippen MR) is 92.4 cm³/mol. The molecule has 24 heavy (non-hydrogen) atoms. The summed E-state index contributed by atoms with van der Waals surface area (Å²) >= 11 is 0. The molecule has 1 saturated heterocycles. The second-order valence-corrected chi connectivity index (χ2v) is 10.1. The average molecular weight is 376 g/mol. The van der Waals surface area contributed by atoms with E-state index in [1.165, 1.54) is 28.6 Å². The summed E-state index contributed by atoms with van der Waals surface area (Å²) in [7, 11) is -7.27. The van der Waals surface area contributed by atoms with Crippen LogP contribution in [0.5, 0.6) is 0 Å².